The van der Waals surface area contributed by atoms with E-state index in [0.29, 0.717) is 0 Å². The molecule has 0 radical (unpaired) electrons. The normalized spacial score (nSPS) is 17.7. The van der Waals surface area contributed by atoms with E-state index in [0.717, 1.165) is 11.8 Å². The van der Waals surface area contributed by atoms with E-state index < -0.39 is 22.5 Å². The molecule has 14 heavy (non-hydrogen) atoms. The summed E-state index contributed by atoms with van der Waals surface area (Å²) in [7, 11) is 0. The molecule has 1 aliphatic rings. The quantitative estimate of drug-likeness (QED) is 0.669. The summed E-state index contributed by atoms with van der Waals surface area (Å²) in [5, 5.41) is -0.635. The summed E-state index contributed by atoms with van der Waals surface area (Å²) in [6, 6.07) is 0. The van der Waals surface area contributed by atoms with Crippen molar-refractivity contribution in [2.24, 2.45) is 0 Å². The monoisotopic (exact) mass is 248 g/mol. The van der Waals surface area contributed by atoms with Crippen molar-refractivity contribution in [3.8, 4) is 0 Å². The van der Waals surface area contributed by atoms with Crippen LogP contribution < -0.4 is 0 Å². The number of halogens is 4. The molecule has 0 saturated heterocycles. The third-order valence-electron chi connectivity index (χ3n) is 1.18. The maximum absolute atomic E-state index is 12.2. The van der Waals surface area contributed by atoms with Crippen molar-refractivity contribution < 1.29 is 27.4 Å². The summed E-state index contributed by atoms with van der Waals surface area (Å²) in [5.41, 5.74) is -1.32. The van der Waals surface area contributed by atoms with Gasteiger partial charge in [-0.1, -0.05) is 11.8 Å². The molecular weight excluding hydrogens is 245 g/mol. The lowest BCUT2D eigenvalue weighted by Crippen LogP contribution is -2.22. The van der Waals surface area contributed by atoms with E-state index in [4.69, 9.17) is 11.6 Å². The molecule has 0 aromatic carbocycles. The molecule has 0 fully saturated rings. The fourth-order valence-electron chi connectivity index (χ4n) is 0.749. The van der Waals surface area contributed by atoms with Crippen LogP contribution in [0.3, 0.4) is 0 Å². The van der Waals surface area contributed by atoms with Gasteiger partial charge in [0.2, 0.25) is 5.09 Å². The second-order valence-electron chi connectivity index (χ2n) is 2.15. The van der Waals surface area contributed by atoms with Crippen LogP contribution in [0.5, 0.6) is 0 Å². The molecule has 0 N–H and O–H groups in total. The van der Waals surface area contributed by atoms with Gasteiger partial charge < -0.3 is 9.47 Å². The minimum absolute atomic E-state index is 0.0805. The molecule has 0 bridgehead atoms. The lowest BCUT2D eigenvalue weighted by molar-refractivity contribution is -0.133. The summed E-state index contributed by atoms with van der Waals surface area (Å²) in [6.45, 7) is -0.0805. The molecule has 8 heteroatoms. The Labute approximate surface area is 86.2 Å². The first-order valence-electron chi connectivity index (χ1n) is 3.35. The van der Waals surface area contributed by atoms with Gasteiger partial charge in [-0.15, -0.1) is 0 Å². The maximum atomic E-state index is 12.2. The molecule has 1 rings (SSSR count). The fraction of sp³-hybridized carbons (Fsp3) is 0.500. The molecule has 0 amide bonds. The van der Waals surface area contributed by atoms with Gasteiger partial charge in [0.15, 0.2) is 0 Å². The summed E-state index contributed by atoms with van der Waals surface area (Å²) < 4.78 is 45.1. The van der Waals surface area contributed by atoms with E-state index >= 15 is 0 Å². The molecule has 0 aromatic heterocycles. The minimum Gasteiger partial charge on any atom is -0.485 e. The first-order valence-corrected chi connectivity index (χ1v) is 4.72. The third-order valence-corrected chi connectivity index (χ3v) is 2.16. The van der Waals surface area contributed by atoms with Gasteiger partial charge in [0.25, 0.3) is 5.76 Å². The van der Waals surface area contributed by atoms with Gasteiger partial charge in [0.1, 0.15) is 0 Å². The highest BCUT2D eigenvalue weighted by molar-refractivity contribution is 8.02. The smallest absolute Gasteiger partial charge is 0.453 e. The zero-order valence-corrected chi connectivity index (χ0v) is 8.13. The number of rotatable bonds is 1. The fourth-order valence-corrected chi connectivity index (χ4v) is 1.66. The van der Waals surface area contributed by atoms with Crippen LogP contribution in [0.1, 0.15) is 0 Å². The number of allylic oxidation sites excluding steroid dienone is 1. The number of alkyl halides is 3. The Bertz CT molecular complexity index is 276. The van der Waals surface area contributed by atoms with Gasteiger partial charge in [-0.3, -0.25) is 0 Å². The molecule has 80 valence electrons. The van der Waals surface area contributed by atoms with Gasteiger partial charge >= 0.3 is 11.6 Å². The van der Waals surface area contributed by atoms with Crippen LogP contribution in [-0.2, 0) is 9.47 Å². The Hall–Kier alpha value is -0.560. The van der Waals surface area contributed by atoms with E-state index in [1.54, 1.807) is 0 Å². The topological polar surface area (TPSA) is 35.5 Å². The predicted octanol–water partition coefficient (Wildman–Crippen LogP) is 2.86. The Kier molecular flexibility index (Phi) is 3.54. The molecule has 0 unspecified atom stereocenters. The lowest BCUT2D eigenvalue weighted by Gasteiger charge is -2.20. The molecule has 0 aromatic rings. The average molecular weight is 249 g/mol. The van der Waals surface area contributed by atoms with E-state index in [1.165, 1.54) is 0 Å². The zero-order chi connectivity index (χ0) is 10.8. The Morgan fingerprint density at radius 3 is 2.71 bits per heavy atom. The van der Waals surface area contributed by atoms with Crippen LogP contribution in [0, 0.1) is 0 Å². The Balaban J connectivity index is 2.91. The third kappa shape index (κ3) is 2.98. The average Bonchev–Trinajstić information content (AvgIpc) is 2.01. The van der Waals surface area contributed by atoms with E-state index in [9.17, 15) is 18.0 Å². The number of thioether (sulfide) groups is 1. The highest BCUT2D eigenvalue weighted by Crippen LogP contribution is 2.37. The SMILES string of the molecule is O=C(Cl)OC1=C(C(F)(F)F)OCCS1. The molecule has 1 aliphatic heterocycles. The van der Waals surface area contributed by atoms with Crippen molar-refractivity contribution >= 4 is 28.8 Å². The minimum atomic E-state index is -4.67. The Morgan fingerprint density at radius 2 is 2.21 bits per heavy atom. The molecule has 1 heterocycles. The first-order chi connectivity index (χ1) is 6.41. The highest BCUT2D eigenvalue weighted by atomic mass is 35.5. The van der Waals surface area contributed by atoms with Gasteiger partial charge in [-0.25, -0.2) is 4.79 Å². The van der Waals surface area contributed by atoms with Crippen LogP contribution in [0.15, 0.2) is 10.9 Å². The van der Waals surface area contributed by atoms with Crippen LogP contribution >= 0.6 is 23.4 Å². The van der Waals surface area contributed by atoms with Gasteiger partial charge in [-0.2, -0.15) is 13.2 Å². The number of carbonyl (C=O) groups excluding carboxylic acids is 1. The van der Waals surface area contributed by atoms with Crippen molar-refractivity contribution in [1.29, 1.82) is 0 Å². The second-order valence-corrected chi connectivity index (χ2v) is 3.53. The standard InChI is InChI=1S/C6H4ClF3O3S/c7-5(11)13-4-3(6(8,9)10)12-1-2-14-4/h1-2H2. The second kappa shape index (κ2) is 4.31. The van der Waals surface area contributed by atoms with Crippen LogP contribution in [0.4, 0.5) is 18.0 Å². The number of ether oxygens (including phenoxy) is 2. The number of hydrogen-bond donors (Lipinski definition) is 0. The molecule has 0 atom stereocenters. The summed E-state index contributed by atoms with van der Waals surface area (Å²) in [4.78, 5) is 10.3. The van der Waals surface area contributed by atoms with Crippen molar-refractivity contribution in [2.75, 3.05) is 12.4 Å². The summed E-state index contributed by atoms with van der Waals surface area (Å²) in [5.74, 6) is -1.03. The first kappa shape index (κ1) is 11.5. The van der Waals surface area contributed by atoms with E-state index in [2.05, 4.69) is 9.47 Å². The van der Waals surface area contributed by atoms with Crippen LogP contribution in [0.25, 0.3) is 0 Å². The molecule has 3 nitrogen and oxygen atoms in total. The van der Waals surface area contributed by atoms with Gasteiger partial charge in [0, 0.05) is 17.4 Å². The van der Waals surface area contributed by atoms with E-state index in [1.807, 2.05) is 0 Å². The van der Waals surface area contributed by atoms with Gasteiger partial charge in [-0.05, 0) is 0 Å². The number of hydrogen-bond acceptors (Lipinski definition) is 4. The van der Waals surface area contributed by atoms with Crippen molar-refractivity contribution in [1.82, 2.24) is 0 Å². The summed E-state index contributed by atoms with van der Waals surface area (Å²) >= 11 is 5.53. The number of carbonyl (C=O) groups is 1. The lowest BCUT2D eigenvalue weighted by atomic mass is 10.5. The predicted molar refractivity (Wildman–Crippen MR) is 43.8 cm³/mol. The molecule has 0 aliphatic carbocycles. The van der Waals surface area contributed by atoms with Crippen LogP contribution in [0.2, 0.25) is 0 Å². The highest BCUT2D eigenvalue weighted by Gasteiger charge is 2.42. The molecule has 0 spiro atoms. The zero-order valence-electron chi connectivity index (χ0n) is 6.56. The Morgan fingerprint density at radius 1 is 1.57 bits per heavy atom. The van der Waals surface area contributed by atoms with Crippen molar-refractivity contribution in [3.05, 3.63) is 10.9 Å². The summed E-state index contributed by atoms with van der Waals surface area (Å²) in [6.07, 6.45) is -4.67. The van der Waals surface area contributed by atoms with Crippen molar-refractivity contribution in [2.45, 2.75) is 6.18 Å². The molecular formula is C6H4ClF3O3S. The van der Waals surface area contributed by atoms with Crippen LogP contribution in [-0.4, -0.2) is 24.0 Å². The molecule has 0 saturated carbocycles. The van der Waals surface area contributed by atoms with Crippen molar-refractivity contribution in [3.63, 3.8) is 0 Å². The maximum Gasteiger partial charge on any atom is 0.453 e. The van der Waals surface area contributed by atoms with Gasteiger partial charge in [0.05, 0.1) is 6.61 Å². The largest absolute Gasteiger partial charge is 0.485 e. The van der Waals surface area contributed by atoms with E-state index in [-0.39, 0.29) is 12.4 Å².